The van der Waals surface area contributed by atoms with Crippen LogP contribution in [0.5, 0.6) is 5.75 Å². The van der Waals surface area contributed by atoms with Crippen LogP contribution in [0.3, 0.4) is 0 Å². The quantitative estimate of drug-likeness (QED) is 0.874. The minimum atomic E-state index is -4.19. The monoisotopic (exact) mass is 288 g/mol. The number of rotatable bonds is 6. The maximum Gasteiger partial charge on any atom is 0.401 e. The van der Waals surface area contributed by atoms with Gasteiger partial charge < -0.3 is 10.5 Å². The molecule has 0 aliphatic heterocycles. The van der Waals surface area contributed by atoms with E-state index in [1.54, 1.807) is 12.1 Å². The molecule has 1 aliphatic carbocycles. The predicted molar refractivity (Wildman–Crippen MR) is 70.6 cm³/mol. The molecule has 2 rings (SSSR count). The third kappa shape index (κ3) is 4.11. The summed E-state index contributed by atoms with van der Waals surface area (Å²) in [6, 6.07) is 6.70. The molecule has 6 heteroatoms. The summed E-state index contributed by atoms with van der Waals surface area (Å²) in [7, 11) is 1.53. The fourth-order valence-corrected chi connectivity index (χ4v) is 2.34. The van der Waals surface area contributed by atoms with Crippen molar-refractivity contribution in [3.8, 4) is 5.75 Å². The third-order valence-corrected chi connectivity index (χ3v) is 3.42. The van der Waals surface area contributed by atoms with Crippen LogP contribution in [0, 0.1) is 0 Å². The molecule has 1 aliphatic rings. The molecule has 0 bridgehead atoms. The minimum Gasteiger partial charge on any atom is -0.496 e. The van der Waals surface area contributed by atoms with Crippen molar-refractivity contribution in [3.05, 3.63) is 29.8 Å². The topological polar surface area (TPSA) is 38.5 Å². The molecule has 3 nitrogen and oxygen atoms in total. The summed E-state index contributed by atoms with van der Waals surface area (Å²) in [5.74, 6) is 0.614. The zero-order valence-electron chi connectivity index (χ0n) is 11.4. The van der Waals surface area contributed by atoms with Gasteiger partial charge in [0, 0.05) is 24.2 Å². The van der Waals surface area contributed by atoms with Gasteiger partial charge in [-0.2, -0.15) is 13.2 Å². The van der Waals surface area contributed by atoms with E-state index < -0.39 is 18.8 Å². The van der Waals surface area contributed by atoms with Crippen molar-refractivity contribution in [1.29, 1.82) is 0 Å². The van der Waals surface area contributed by atoms with Gasteiger partial charge in [0.1, 0.15) is 5.75 Å². The van der Waals surface area contributed by atoms with Crippen LogP contribution in [-0.4, -0.2) is 37.3 Å². The van der Waals surface area contributed by atoms with Crippen molar-refractivity contribution in [2.24, 2.45) is 5.73 Å². The van der Waals surface area contributed by atoms with E-state index in [9.17, 15) is 13.2 Å². The molecule has 0 amide bonds. The van der Waals surface area contributed by atoms with Gasteiger partial charge in [-0.15, -0.1) is 0 Å². The SMILES string of the molecule is COc1ccccc1C(N)CN(CC(F)(F)F)C1CC1. The molecule has 20 heavy (non-hydrogen) atoms. The highest BCUT2D eigenvalue weighted by atomic mass is 19.4. The molecule has 112 valence electrons. The minimum absolute atomic E-state index is 0.0115. The van der Waals surface area contributed by atoms with Gasteiger partial charge in [0.05, 0.1) is 13.7 Å². The standard InChI is InChI=1S/C14H19F3N2O/c1-20-13-5-3-2-4-11(13)12(18)8-19(10-6-7-10)9-14(15,16)17/h2-5,10,12H,6-9,18H2,1H3. The molecule has 0 heterocycles. The van der Waals surface area contributed by atoms with E-state index >= 15 is 0 Å². The number of nitrogens with zero attached hydrogens (tertiary/aromatic N) is 1. The second-order valence-electron chi connectivity index (χ2n) is 5.12. The summed E-state index contributed by atoms with van der Waals surface area (Å²) in [4.78, 5) is 1.43. The maximum atomic E-state index is 12.6. The second kappa shape index (κ2) is 6.01. The summed E-state index contributed by atoms with van der Waals surface area (Å²) in [6.07, 6.45) is -2.56. The molecule has 1 unspecified atom stereocenters. The Hall–Kier alpha value is -1.27. The molecule has 1 fully saturated rings. The van der Waals surface area contributed by atoms with Crippen LogP contribution in [0.1, 0.15) is 24.4 Å². The Labute approximate surface area is 116 Å². The van der Waals surface area contributed by atoms with Gasteiger partial charge in [-0.1, -0.05) is 18.2 Å². The lowest BCUT2D eigenvalue weighted by Crippen LogP contribution is -2.40. The molecule has 1 aromatic rings. The molecule has 0 aromatic heterocycles. The highest BCUT2D eigenvalue weighted by Gasteiger charge is 2.38. The summed E-state index contributed by atoms with van der Waals surface area (Å²) in [5, 5.41) is 0. The highest BCUT2D eigenvalue weighted by Crippen LogP contribution is 2.32. The summed E-state index contributed by atoms with van der Waals surface area (Å²) in [5.41, 5.74) is 6.81. The van der Waals surface area contributed by atoms with E-state index in [1.165, 1.54) is 12.0 Å². The zero-order chi connectivity index (χ0) is 14.8. The van der Waals surface area contributed by atoms with E-state index in [0.717, 1.165) is 18.4 Å². The zero-order valence-corrected chi connectivity index (χ0v) is 11.4. The highest BCUT2D eigenvalue weighted by molar-refractivity contribution is 5.35. The number of para-hydroxylation sites is 1. The van der Waals surface area contributed by atoms with Gasteiger partial charge in [-0.05, 0) is 18.9 Å². The van der Waals surface area contributed by atoms with Gasteiger partial charge in [0.2, 0.25) is 0 Å². The molecule has 1 aromatic carbocycles. The molecule has 0 radical (unpaired) electrons. The maximum absolute atomic E-state index is 12.6. The van der Waals surface area contributed by atoms with Crippen LogP contribution in [0.25, 0.3) is 0 Å². The van der Waals surface area contributed by atoms with Crippen LogP contribution in [-0.2, 0) is 0 Å². The Balaban J connectivity index is 2.06. The Morgan fingerprint density at radius 3 is 2.55 bits per heavy atom. The summed E-state index contributed by atoms with van der Waals surface area (Å²) < 4.78 is 43.0. The first kappa shape index (κ1) is 15.1. The number of methoxy groups -OCH3 is 1. The van der Waals surface area contributed by atoms with E-state index in [1.807, 2.05) is 12.1 Å². The van der Waals surface area contributed by atoms with Crippen molar-refractivity contribution in [3.63, 3.8) is 0 Å². The Kier molecular flexibility index (Phi) is 4.55. The van der Waals surface area contributed by atoms with E-state index in [-0.39, 0.29) is 12.6 Å². The van der Waals surface area contributed by atoms with Crippen molar-refractivity contribution in [1.82, 2.24) is 4.90 Å². The normalized spacial score (nSPS) is 17.3. The first-order valence-electron chi connectivity index (χ1n) is 6.60. The van der Waals surface area contributed by atoms with Gasteiger partial charge in [0.15, 0.2) is 0 Å². The first-order chi connectivity index (χ1) is 9.40. The van der Waals surface area contributed by atoms with Gasteiger partial charge in [-0.3, -0.25) is 4.90 Å². The number of hydrogen-bond donors (Lipinski definition) is 1. The number of alkyl halides is 3. The van der Waals surface area contributed by atoms with Crippen LogP contribution < -0.4 is 10.5 Å². The van der Waals surface area contributed by atoms with E-state index in [0.29, 0.717) is 5.75 Å². The number of ether oxygens (including phenoxy) is 1. The molecular weight excluding hydrogens is 269 g/mol. The Morgan fingerprint density at radius 1 is 1.35 bits per heavy atom. The number of halogens is 3. The lowest BCUT2D eigenvalue weighted by Gasteiger charge is -2.27. The van der Waals surface area contributed by atoms with Gasteiger partial charge >= 0.3 is 6.18 Å². The predicted octanol–water partition coefficient (Wildman–Crippen LogP) is 2.72. The summed E-state index contributed by atoms with van der Waals surface area (Å²) >= 11 is 0. The third-order valence-electron chi connectivity index (χ3n) is 3.42. The second-order valence-corrected chi connectivity index (χ2v) is 5.12. The van der Waals surface area contributed by atoms with Crippen LogP contribution in [0.4, 0.5) is 13.2 Å². The number of benzene rings is 1. The first-order valence-corrected chi connectivity index (χ1v) is 6.60. The summed E-state index contributed by atoms with van der Waals surface area (Å²) in [6.45, 7) is -0.717. The largest absolute Gasteiger partial charge is 0.496 e. The van der Waals surface area contributed by atoms with Crippen LogP contribution in [0.2, 0.25) is 0 Å². The van der Waals surface area contributed by atoms with E-state index in [2.05, 4.69) is 0 Å². The molecular formula is C14H19F3N2O. The van der Waals surface area contributed by atoms with Crippen LogP contribution >= 0.6 is 0 Å². The van der Waals surface area contributed by atoms with Gasteiger partial charge in [0.25, 0.3) is 0 Å². The lowest BCUT2D eigenvalue weighted by molar-refractivity contribution is -0.147. The smallest absolute Gasteiger partial charge is 0.401 e. The lowest BCUT2D eigenvalue weighted by atomic mass is 10.1. The van der Waals surface area contributed by atoms with Crippen LogP contribution in [0.15, 0.2) is 24.3 Å². The van der Waals surface area contributed by atoms with Crippen molar-refractivity contribution in [2.75, 3.05) is 20.2 Å². The van der Waals surface area contributed by atoms with Crippen molar-refractivity contribution < 1.29 is 17.9 Å². The average molecular weight is 288 g/mol. The molecule has 1 atom stereocenters. The van der Waals surface area contributed by atoms with Crippen molar-refractivity contribution >= 4 is 0 Å². The van der Waals surface area contributed by atoms with Gasteiger partial charge in [-0.25, -0.2) is 0 Å². The van der Waals surface area contributed by atoms with E-state index in [4.69, 9.17) is 10.5 Å². The number of nitrogens with two attached hydrogens (primary N) is 1. The Bertz CT molecular complexity index is 446. The fraction of sp³-hybridized carbons (Fsp3) is 0.571. The number of hydrogen-bond acceptors (Lipinski definition) is 3. The van der Waals surface area contributed by atoms with Crippen molar-refractivity contribution in [2.45, 2.75) is 31.1 Å². The fourth-order valence-electron chi connectivity index (χ4n) is 2.34. The molecule has 0 saturated heterocycles. The average Bonchev–Trinajstić information content (AvgIpc) is 3.20. The molecule has 0 spiro atoms. The molecule has 2 N–H and O–H groups in total. The Morgan fingerprint density at radius 2 is 2.00 bits per heavy atom. The molecule has 1 saturated carbocycles.